The topological polar surface area (TPSA) is 155 Å². The molecule has 6 rings (SSSR count). The van der Waals surface area contributed by atoms with E-state index in [1.165, 1.54) is 10.6 Å². The largest absolute Gasteiger partial charge is 0.461 e. The van der Waals surface area contributed by atoms with Gasteiger partial charge in [0.05, 0.1) is 25.2 Å². The summed E-state index contributed by atoms with van der Waals surface area (Å²) in [5, 5.41) is 10.4. The lowest BCUT2D eigenvalue weighted by molar-refractivity contribution is 0.0383. The van der Waals surface area contributed by atoms with Gasteiger partial charge in [0.2, 0.25) is 17.7 Å². The van der Waals surface area contributed by atoms with Gasteiger partial charge >= 0.3 is 0 Å². The average Bonchev–Trinajstić information content (AvgIpc) is 3.69. The molecule has 42 heavy (non-hydrogen) atoms. The number of carbonyl (C=O) groups is 1. The summed E-state index contributed by atoms with van der Waals surface area (Å²) < 4.78 is 27.1. The highest BCUT2D eigenvalue weighted by atomic mass is 19.1. The molecule has 14 nitrogen and oxygen atoms in total. The van der Waals surface area contributed by atoms with Gasteiger partial charge in [-0.3, -0.25) is 14.6 Å². The zero-order valence-corrected chi connectivity index (χ0v) is 23.2. The minimum absolute atomic E-state index is 0.167. The monoisotopic (exact) mass is 579 g/mol. The molecular weight excluding hydrogens is 545 g/mol. The molecule has 2 saturated heterocycles. The number of furan rings is 1. The molecule has 0 saturated carbocycles. The number of nitrogens with two attached hydrogens (primary N) is 1. The zero-order chi connectivity index (χ0) is 28.9. The van der Waals surface area contributed by atoms with E-state index in [-0.39, 0.29) is 17.7 Å². The zero-order valence-electron chi connectivity index (χ0n) is 23.2. The second kappa shape index (κ2) is 12.7. The molecular formula is C27H34FN11O3. The molecule has 4 N–H and O–H groups in total. The van der Waals surface area contributed by atoms with Crippen molar-refractivity contribution in [1.29, 1.82) is 0 Å². The predicted octanol–water partition coefficient (Wildman–Crippen LogP) is 0.797. The number of anilines is 3. The van der Waals surface area contributed by atoms with Crippen LogP contribution in [0, 0.1) is 5.82 Å². The van der Waals surface area contributed by atoms with Crippen LogP contribution < -0.4 is 21.3 Å². The third-order valence-corrected chi connectivity index (χ3v) is 7.43. The third kappa shape index (κ3) is 6.42. The number of hydrogen-bond donors (Lipinski definition) is 3. The molecule has 1 aromatic carbocycles. The molecule has 0 unspecified atom stereocenters. The Morgan fingerprint density at radius 3 is 2.52 bits per heavy atom. The first kappa shape index (κ1) is 27.8. The van der Waals surface area contributed by atoms with Crippen LogP contribution in [-0.4, -0.2) is 119 Å². The first-order chi connectivity index (χ1) is 20.5. The van der Waals surface area contributed by atoms with Crippen molar-refractivity contribution in [2.24, 2.45) is 0 Å². The van der Waals surface area contributed by atoms with Crippen molar-refractivity contribution in [2.45, 2.75) is 0 Å². The van der Waals surface area contributed by atoms with Gasteiger partial charge in [0, 0.05) is 71.0 Å². The number of fused-ring (bicyclic) bond motifs is 1. The van der Waals surface area contributed by atoms with E-state index in [1.54, 1.807) is 30.5 Å². The lowest BCUT2D eigenvalue weighted by Crippen LogP contribution is -2.48. The number of aromatic nitrogens is 5. The lowest BCUT2D eigenvalue weighted by Gasteiger charge is -2.36. The summed E-state index contributed by atoms with van der Waals surface area (Å²) in [7, 11) is 0. The Labute approximate surface area is 241 Å². The highest BCUT2D eigenvalue weighted by Crippen LogP contribution is 2.22. The molecule has 0 radical (unpaired) electrons. The van der Waals surface area contributed by atoms with Crippen molar-refractivity contribution in [3.05, 3.63) is 48.0 Å². The van der Waals surface area contributed by atoms with Crippen LogP contribution >= 0.6 is 0 Å². The van der Waals surface area contributed by atoms with E-state index in [4.69, 9.17) is 14.9 Å². The molecule has 222 valence electrons. The number of nitrogens with one attached hydrogen (secondary N) is 2. The number of nitrogens with zero attached hydrogens (tertiary/aromatic N) is 8. The van der Waals surface area contributed by atoms with Gasteiger partial charge in [-0.2, -0.15) is 19.5 Å². The van der Waals surface area contributed by atoms with Gasteiger partial charge in [-0.1, -0.05) is 0 Å². The van der Waals surface area contributed by atoms with Crippen LogP contribution in [0.3, 0.4) is 0 Å². The first-order valence-corrected chi connectivity index (χ1v) is 14.1. The van der Waals surface area contributed by atoms with Crippen molar-refractivity contribution in [1.82, 2.24) is 39.7 Å². The van der Waals surface area contributed by atoms with Crippen LogP contribution in [0.4, 0.5) is 22.0 Å². The Morgan fingerprint density at radius 2 is 1.76 bits per heavy atom. The van der Waals surface area contributed by atoms with Gasteiger partial charge in [-0.25, -0.2) is 4.39 Å². The molecule has 0 aliphatic carbocycles. The number of halogens is 1. The van der Waals surface area contributed by atoms with Crippen molar-refractivity contribution >= 4 is 29.3 Å². The molecule has 4 aromatic rings. The number of morpholine rings is 1. The summed E-state index contributed by atoms with van der Waals surface area (Å²) in [5.74, 6) is 1.10. The van der Waals surface area contributed by atoms with Crippen LogP contribution in [0.25, 0.3) is 17.4 Å². The summed E-state index contributed by atoms with van der Waals surface area (Å²) in [5.41, 5.74) is 6.90. The number of rotatable bonds is 10. The molecule has 15 heteroatoms. The molecule has 0 spiro atoms. The second-order valence-corrected chi connectivity index (χ2v) is 10.2. The first-order valence-electron chi connectivity index (χ1n) is 14.1. The molecule has 2 fully saturated rings. The van der Waals surface area contributed by atoms with Gasteiger partial charge in [0.25, 0.3) is 11.7 Å². The fourth-order valence-corrected chi connectivity index (χ4v) is 5.09. The quantitative estimate of drug-likeness (QED) is 0.243. The van der Waals surface area contributed by atoms with E-state index in [0.717, 1.165) is 39.3 Å². The maximum atomic E-state index is 15.0. The van der Waals surface area contributed by atoms with Crippen LogP contribution in [0.1, 0.15) is 10.4 Å². The van der Waals surface area contributed by atoms with Crippen LogP contribution in [0.5, 0.6) is 0 Å². The van der Waals surface area contributed by atoms with Crippen molar-refractivity contribution < 1.29 is 18.3 Å². The molecule has 2 aliphatic heterocycles. The fourth-order valence-electron chi connectivity index (χ4n) is 5.09. The maximum absolute atomic E-state index is 15.0. The average molecular weight is 580 g/mol. The van der Waals surface area contributed by atoms with Crippen molar-refractivity contribution in [2.75, 3.05) is 94.6 Å². The van der Waals surface area contributed by atoms with Gasteiger partial charge < -0.3 is 30.4 Å². The fraction of sp³-hybridized carbons (Fsp3) is 0.444. The second-order valence-electron chi connectivity index (χ2n) is 10.2. The van der Waals surface area contributed by atoms with E-state index in [1.807, 2.05) is 4.90 Å². The Morgan fingerprint density at radius 1 is 0.976 bits per heavy atom. The molecule has 1 amide bonds. The van der Waals surface area contributed by atoms with E-state index >= 15 is 4.39 Å². The van der Waals surface area contributed by atoms with E-state index < -0.39 is 0 Å². The smallest absolute Gasteiger partial charge is 0.259 e. The lowest BCUT2D eigenvalue weighted by atomic mass is 10.1. The maximum Gasteiger partial charge on any atom is 0.259 e. The highest BCUT2D eigenvalue weighted by molar-refractivity contribution is 5.94. The number of benzene rings is 1. The van der Waals surface area contributed by atoms with Crippen LogP contribution in [0.15, 0.2) is 41.0 Å². The normalized spacial score (nSPS) is 16.6. The van der Waals surface area contributed by atoms with Gasteiger partial charge in [-0.05, 0) is 30.3 Å². The summed E-state index contributed by atoms with van der Waals surface area (Å²) in [4.78, 5) is 32.1. The summed E-state index contributed by atoms with van der Waals surface area (Å²) in [6.07, 6.45) is 1.55. The van der Waals surface area contributed by atoms with Gasteiger partial charge in [-0.15, -0.1) is 5.10 Å². The number of carbonyl (C=O) groups excluding carboxylic acids is 1. The predicted molar refractivity (Wildman–Crippen MR) is 154 cm³/mol. The Bertz CT molecular complexity index is 1500. The van der Waals surface area contributed by atoms with E-state index in [9.17, 15) is 4.79 Å². The van der Waals surface area contributed by atoms with Crippen LogP contribution in [0.2, 0.25) is 0 Å². The van der Waals surface area contributed by atoms with Crippen molar-refractivity contribution in [3.63, 3.8) is 0 Å². The standard InChI is InChI=1S/C27H34FN11O3/c28-20-18-19(24(40)30-5-7-37-13-16-41-17-14-37)3-4-21(20)38-11-9-36(10-12-38)8-6-31-26-33-25(29)39-27(34-26)32-23(35-39)22-2-1-15-42-22/h1-4,15,18H,5-14,16-17H2,(H,30,40)(H3,29,31,32,33,34,35). The van der Waals surface area contributed by atoms with Crippen molar-refractivity contribution in [3.8, 4) is 11.6 Å². The van der Waals surface area contributed by atoms with Gasteiger partial charge in [0.15, 0.2) is 5.76 Å². The Kier molecular flexibility index (Phi) is 8.39. The number of hydrogen-bond acceptors (Lipinski definition) is 12. The summed E-state index contributed by atoms with van der Waals surface area (Å²) in [6, 6.07) is 8.23. The number of amides is 1. The van der Waals surface area contributed by atoms with Crippen LogP contribution in [-0.2, 0) is 4.74 Å². The third-order valence-electron chi connectivity index (χ3n) is 7.43. The molecule has 0 atom stereocenters. The minimum atomic E-state index is -0.389. The van der Waals surface area contributed by atoms with E-state index in [0.29, 0.717) is 74.0 Å². The Balaban J connectivity index is 0.955. The highest BCUT2D eigenvalue weighted by Gasteiger charge is 2.21. The molecule has 5 heterocycles. The van der Waals surface area contributed by atoms with E-state index in [2.05, 4.69) is 40.5 Å². The SMILES string of the molecule is Nc1nc(NCCN2CCN(c3ccc(C(=O)NCCN4CCOCC4)cc3F)CC2)nc2nc(-c3ccco3)nn12. The minimum Gasteiger partial charge on any atom is -0.461 e. The number of piperazine rings is 1. The summed E-state index contributed by atoms with van der Waals surface area (Å²) in [6.45, 7) is 8.65. The Hall–Kier alpha value is -4.34. The summed E-state index contributed by atoms with van der Waals surface area (Å²) >= 11 is 0. The number of nitrogen functional groups attached to an aromatic ring is 1. The molecule has 0 bridgehead atoms. The van der Waals surface area contributed by atoms with Gasteiger partial charge in [0.1, 0.15) is 5.82 Å². The molecule has 2 aliphatic rings. The number of ether oxygens (including phenoxy) is 1. The molecule has 3 aromatic heterocycles.